The number of benzene rings is 1. The zero-order valence-electron chi connectivity index (χ0n) is 7.81. The molecule has 2 N–H and O–H groups in total. The van der Waals surface area contributed by atoms with Crippen LogP contribution in [0.1, 0.15) is 18.9 Å². The Hall–Kier alpha value is -0.670. The Morgan fingerprint density at radius 2 is 2.14 bits per heavy atom. The van der Waals surface area contributed by atoms with Gasteiger partial charge >= 0.3 is 0 Å². The second kappa shape index (κ2) is 4.24. The fraction of sp³-hybridized carbons (Fsp3) is 0.400. The maximum Gasteiger partial charge on any atom is 0.274 e. The molecule has 0 aliphatic rings. The second-order valence-electron chi connectivity index (χ2n) is 3.40. The maximum atomic E-state index is 13.4. The molecule has 0 radical (unpaired) electrons. The molecule has 1 unspecified atom stereocenters. The molecule has 0 bridgehead atoms. The van der Waals surface area contributed by atoms with Crippen molar-refractivity contribution in [1.82, 2.24) is 0 Å². The van der Waals surface area contributed by atoms with Crippen molar-refractivity contribution in [3.8, 4) is 0 Å². The molecule has 0 amide bonds. The molecule has 0 aromatic heterocycles. The van der Waals surface area contributed by atoms with E-state index in [0.717, 1.165) is 0 Å². The zero-order valence-corrected chi connectivity index (χ0v) is 8.56. The maximum absolute atomic E-state index is 13.4. The lowest BCUT2D eigenvalue weighted by Crippen LogP contribution is -2.26. The normalized spacial score (nSPS) is 14.1. The fourth-order valence-electron chi connectivity index (χ4n) is 1.24. The third kappa shape index (κ3) is 2.93. The monoisotopic (exact) mass is 219 g/mol. The zero-order chi connectivity index (χ0) is 10.8. The van der Waals surface area contributed by atoms with Crippen molar-refractivity contribution in [3.63, 3.8) is 0 Å². The summed E-state index contributed by atoms with van der Waals surface area (Å²) in [5, 5.41) is 0.312. The van der Waals surface area contributed by atoms with Gasteiger partial charge in [-0.05, 0) is 19.1 Å². The van der Waals surface area contributed by atoms with Gasteiger partial charge < -0.3 is 5.73 Å². The van der Waals surface area contributed by atoms with Gasteiger partial charge in [0.25, 0.3) is 5.92 Å². The Morgan fingerprint density at radius 1 is 1.50 bits per heavy atom. The molecular formula is C10H12ClF2N. The fourth-order valence-corrected chi connectivity index (χ4v) is 1.43. The molecule has 1 aromatic rings. The van der Waals surface area contributed by atoms with Crippen molar-refractivity contribution in [1.29, 1.82) is 0 Å². The molecule has 0 aliphatic heterocycles. The van der Waals surface area contributed by atoms with Gasteiger partial charge in [0, 0.05) is 23.0 Å². The average Bonchev–Trinajstić information content (AvgIpc) is 2.01. The van der Waals surface area contributed by atoms with Gasteiger partial charge in [0.05, 0.1) is 0 Å². The standard InChI is InChI=1S/C10H12ClF2N/c1-7(14)6-10(12,13)8-3-2-4-9(11)5-8/h2-5,7H,6,14H2,1H3. The second-order valence-corrected chi connectivity index (χ2v) is 3.83. The number of hydrogen-bond donors (Lipinski definition) is 1. The highest BCUT2D eigenvalue weighted by atomic mass is 35.5. The number of alkyl halides is 2. The molecule has 14 heavy (non-hydrogen) atoms. The molecule has 1 nitrogen and oxygen atoms in total. The van der Waals surface area contributed by atoms with E-state index in [1.807, 2.05) is 0 Å². The van der Waals surface area contributed by atoms with E-state index in [-0.39, 0.29) is 12.0 Å². The number of nitrogens with two attached hydrogens (primary N) is 1. The van der Waals surface area contributed by atoms with Gasteiger partial charge in [-0.3, -0.25) is 0 Å². The van der Waals surface area contributed by atoms with Crippen LogP contribution in [0.3, 0.4) is 0 Å². The van der Waals surface area contributed by atoms with Gasteiger partial charge in [0.1, 0.15) is 0 Å². The van der Waals surface area contributed by atoms with Gasteiger partial charge in [-0.15, -0.1) is 0 Å². The highest BCUT2D eigenvalue weighted by Crippen LogP contribution is 2.33. The first-order valence-corrected chi connectivity index (χ1v) is 4.69. The van der Waals surface area contributed by atoms with Crippen molar-refractivity contribution < 1.29 is 8.78 Å². The van der Waals surface area contributed by atoms with Crippen LogP contribution in [-0.2, 0) is 5.92 Å². The summed E-state index contributed by atoms with van der Waals surface area (Å²) >= 11 is 5.62. The molecule has 0 saturated heterocycles. The summed E-state index contributed by atoms with van der Waals surface area (Å²) in [4.78, 5) is 0. The van der Waals surface area contributed by atoms with Crippen molar-refractivity contribution in [2.45, 2.75) is 25.3 Å². The van der Waals surface area contributed by atoms with E-state index < -0.39 is 12.0 Å². The summed E-state index contributed by atoms with van der Waals surface area (Å²) in [5.74, 6) is -2.90. The summed E-state index contributed by atoms with van der Waals surface area (Å²) in [6.45, 7) is 1.55. The van der Waals surface area contributed by atoms with Crippen molar-refractivity contribution >= 4 is 11.6 Å². The van der Waals surface area contributed by atoms with Gasteiger partial charge in [-0.1, -0.05) is 23.7 Å². The third-order valence-corrected chi connectivity index (χ3v) is 2.06. The molecular weight excluding hydrogens is 208 g/mol. The van der Waals surface area contributed by atoms with Crippen LogP contribution in [0.5, 0.6) is 0 Å². The Labute approximate surface area is 86.9 Å². The highest BCUT2D eigenvalue weighted by molar-refractivity contribution is 6.30. The average molecular weight is 220 g/mol. The highest BCUT2D eigenvalue weighted by Gasteiger charge is 2.32. The lowest BCUT2D eigenvalue weighted by atomic mass is 10.0. The minimum Gasteiger partial charge on any atom is -0.328 e. The Kier molecular flexibility index (Phi) is 3.45. The molecule has 0 heterocycles. The van der Waals surface area contributed by atoms with Crippen LogP contribution in [-0.4, -0.2) is 6.04 Å². The van der Waals surface area contributed by atoms with Gasteiger partial charge in [-0.25, -0.2) is 8.78 Å². The van der Waals surface area contributed by atoms with E-state index in [2.05, 4.69) is 0 Å². The first-order valence-electron chi connectivity index (χ1n) is 4.31. The molecule has 0 saturated carbocycles. The predicted octanol–water partition coefficient (Wildman–Crippen LogP) is 3.17. The van der Waals surface area contributed by atoms with E-state index in [9.17, 15) is 8.78 Å². The smallest absolute Gasteiger partial charge is 0.274 e. The van der Waals surface area contributed by atoms with Crippen LogP contribution in [0.25, 0.3) is 0 Å². The van der Waals surface area contributed by atoms with Crippen LogP contribution >= 0.6 is 11.6 Å². The topological polar surface area (TPSA) is 26.0 Å². The van der Waals surface area contributed by atoms with Crippen LogP contribution in [0.2, 0.25) is 5.02 Å². The lowest BCUT2D eigenvalue weighted by molar-refractivity contribution is -0.0181. The molecule has 0 fully saturated rings. The van der Waals surface area contributed by atoms with E-state index in [1.165, 1.54) is 18.2 Å². The number of hydrogen-bond acceptors (Lipinski definition) is 1. The van der Waals surface area contributed by atoms with Crippen LogP contribution < -0.4 is 5.73 Å². The van der Waals surface area contributed by atoms with Crippen LogP contribution in [0, 0.1) is 0 Å². The Bertz CT molecular complexity index is 313. The third-order valence-electron chi connectivity index (χ3n) is 1.83. The Morgan fingerprint density at radius 3 is 2.64 bits per heavy atom. The first-order chi connectivity index (χ1) is 6.42. The van der Waals surface area contributed by atoms with Crippen molar-refractivity contribution in [3.05, 3.63) is 34.9 Å². The summed E-state index contributed by atoms with van der Waals surface area (Å²) in [7, 11) is 0. The van der Waals surface area contributed by atoms with E-state index >= 15 is 0 Å². The van der Waals surface area contributed by atoms with Crippen molar-refractivity contribution in [2.24, 2.45) is 5.73 Å². The molecule has 4 heteroatoms. The molecule has 1 aromatic carbocycles. The first kappa shape index (κ1) is 11.4. The summed E-state index contributed by atoms with van der Waals surface area (Å²) in [6, 6.07) is 5.15. The molecule has 0 spiro atoms. The van der Waals surface area contributed by atoms with E-state index in [4.69, 9.17) is 17.3 Å². The number of halogens is 3. The van der Waals surface area contributed by atoms with E-state index in [1.54, 1.807) is 13.0 Å². The predicted molar refractivity (Wildman–Crippen MR) is 53.6 cm³/mol. The quantitative estimate of drug-likeness (QED) is 0.830. The van der Waals surface area contributed by atoms with Crippen molar-refractivity contribution in [2.75, 3.05) is 0 Å². The minimum absolute atomic E-state index is 0.0812. The van der Waals surface area contributed by atoms with Gasteiger partial charge in [-0.2, -0.15) is 0 Å². The van der Waals surface area contributed by atoms with Gasteiger partial charge in [0.15, 0.2) is 0 Å². The number of rotatable bonds is 3. The Balaban J connectivity index is 2.91. The van der Waals surface area contributed by atoms with Crippen LogP contribution in [0.15, 0.2) is 24.3 Å². The lowest BCUT2D eigenvalue weighted by Gasteiger charge is -2.18. The molecule has 1 rings (SSSR count). The molecule has 0 aliphatic carbocycles. The largest absolute Gasteiger partial charge is 0.328 e. The SMILES string of the molecule is CC(N)CC(F)(F)c1cccc(Cl)c1. The van der Waals surface area contributed by atoms with E-state index in [0.29, 0.717) is 5.02 Å². The summed E-state index contributed by atoms with van der Waals surface area (Å²) in [5.41, 5.74) is 5.26. The van der Waals surface area contributed by atoms with Gasteiger partial charge in [0.2, 0.25) is 0 Å². The molecule has 78 valence electrons. The van der Waals surface area contributed by atoms with Crippen LogP contribution in [0.4, 0.5) is 8.78 Å². The minimum atomic E-state index is -2.90. The summed E-state index contributed by atoms with van der Waals surface area (Å²) in [6.07, 6.45) is -0.368. The summed E-state index contributed by atoms with van der Waals surface area (Å²) < 4.78 is 26.9. The molecule has 1 atom stereocenters.